The van der Waals surface area contributed by atoms with Crippen molar-refractivity contribution in [2.75, 3.05) is 19.0 Å². The number of nitrogens with one attached hydrogen (secondary N) is 1. The average Bonchev–Trinajstić information content (AvgIpc) is 2.55. The highest BCUT2D eigenvalue weighted by Crippen LogP contribution is 2.12. The lowest BCUT2D eigenvalue weighted by atomic mass is 10.1. The summed E-state index contributed by atoms with van der Waals surface area (Å²) >= 11 is 0. The first-order valence-electron chi connectivity index (χ1n) is 5.83. The molecule has 0 aliphatic rings. The molecule has 16 heavy (non-hydrogen) atoms. The second-order valence-electron chi connectivity index (χ2n) is 4.57. The molecule has 1 aromatic heterocycles. The van der Waals surface area contributed by atoms with E-state index in [4.69, 9.17) is 4.74 Å². The van der Waals surface area contributed by atoms with E-state index in [0.29, 0.717) is 18.6 Å². The van der Waals surface area contributed by atoms with Crippen molar-refractivity contribution in [1.29, 1.82) is 0 Å². The first-order chi connectivity index (χ1) is 7.54. The van der Waals surface area contributed by atoms with Crippen molar-refractivity contribution in [2.24, 2.45) is 5.92 Å². The lowest BCUT2D eigenvalue weighted by Crippen LogP contribution is -2.24. The number of nitrogens with zero attached hydrogens (tertiary/aromatic N) is 2. The molecule has 0 amide bonds. The van der Waals surface area contributed by atoms with Gasteiger partial charge in [0.05, 0.1) is 12.3 Å². The van der Waals surface area contributed by atoms with Gasteiger partial charge in [0.2, 0.25) is 5.95 Å². The largest absolute Gasteiger partial charge is 0.383 e. The third-order valence-electron chi connectivity index (χ3n) is 2.79. The summed E-state index contributed by atoms with van der Waals surface area (Å²) in [7, 11) is 1.72. The fraction of sp³-hybridized carbons (Fsp3) is 0.750. The molecule has 4 nitrogen and oxygen atoms in total. The predicted octanol–water partition coefficient (Wildman–Crippen LogP) is 2.29. The Morgan fingerprint density at radius 2 is 2.12 bits per heavy atom. The first kappa shape index (κ1) is 13.0. The van der Waals surface area contributed by atoms with Crippen LogP contribution in [0.3, 0.4) is 0 Å². The van der Waals surface area contributed by atoms with Crippen LogP contribution in [-0.2, 0) is 11.3 Å². The van der Waals surface area contributed by atoms with E-state index in [1.165, 1.54) is 0 Å². The SMILES string of the molecule is COCCn1cc(C)nc1NC(C)C(C)C. The van der Waals surface area contributed by atoms with Crippen LogP contribution in [0, 0.1) is 12.8 Å². The number of methoxy groups -OCH3 is 1. The molecule has 0 aromatic carbocycles. The van der Waals surface area contributed by atoms with E-state index >= 15 is 0 Å². The van der Waals surface area contributed by atoms with Gasteiger partial charge in [0, 0.05) is 25.9 Å². The van der Waals surface area contributed by atoms with E-state index in [9.17, 15) is 0 Å². The van der Waals surface area contributed by atoms with Crippen molar-refractivity contribution in [3.8, 4) is 0 Å². The van der Waals surface area contributed by atoms with Gasteiger partial charge in [-0.3, -0.25) is 0 Å². The van der Waals surface area contributed by atoms with E-state index < -0.39 is 0 Å². The Kier molecular flexibility index (Phi) is 4.80. The number of hydrogen-bond acceptors (Lipinski definition) is 3. The molecule has 1 unspecified atom stereocenters. The van der Waals surface area contributed by atoms with Crippen molar-refractivity contribution in [3.05, 3.63) is 11.9 Å². The maximum Gasteiger partial charge on any atom is 0.203 e. The van der Waals surface area contributed by atoms with E-state index in [1.54, 1.807) is 7.11 Å². The molecular weight excluding hydrogens is 202 g/mol. The summed E-state index contributed by atoms with van der Waals surface area (Å²) in [4.78, 5) is 4.48. The van der Waals surface area contributed by atoms with Crippen LogP contribution in [0.4, 0.5) is 5.95 Å². The van der Waals surface area contributed by atoms with Crippen LogP contribution in [0.15, 0.2) is 6.20 Å². The maximum atomic E-state index is 5.09. The van der Waals surface area contributed by atoms with Crippen LogP contribution in [0.1, 0.15) is 26.5 Å². The molecule has 1 atom stereocenters. The third-order valence-corrected chi connectivity index (χ3v) is 2.79. The van der Waals surface area contributed by atoms with Gasteiger partial charge in [-0.1, -0.05) is 13.8 Å². The van der Waals surface area contributed by atoms with Gasteiger partial charge in [-0.15, -0.1) is 0 Å². The fourth-order valence-corrected chi connectivity index (χ4v) is 1.39. The Labute approximate surface area is 98.0 Å². The molecule has 1 heterocycles. The van der Waals surface area contributed by atoms with Crippen LogP contribution in [-0.4, -0.2) is 29.3 Å². The van der Waals surface area contributed by atoms with Gasteiger partial charge < -0.3 is 14.6 Å². The molecule has 0 aliphatic carbocycles. The zero-order chi connectivity index (χ0) is 12.1. The number of ether oxygens (including phenoxy) is 1. The Morgan fingerprint density at radius 1 is 1.44 bits per heavy atom. The average molecular weight is 225 g/mol. The molecule has 1 rings (SSSR count). The molecule has 92 valence electrons. The van der Waals surface area contributed by atoms with Crippen LogP contribution < -0.4 is 5.32 Å². The first-order valence-corrected chi connectivity index (χ1v) is 5.83. The molecule has 1 N–H and O–H groups in total. The zero-order valence-electron chi connectivity index (χ0n) is 10.9. The van der Waals surface area contributed by atoms with Crippen molar-refractivity contribution in [2.45, 2.75) is 40.3 Å². The number of anilines is 1. The highest BCUT2D eigenvalue weighted by atomic mass is 16.5. The van der Waals surface area contributed by atoms with Gasteiger partial charge in [-0.2, -0.15) is 0 Å². The number of aromatic nitrogens is 2. The quantitative estimate of drug-likeness (QED) is 0.807. The number of aryl methyl sites for hydroxylation is 1. The molecule has 0 bridgehead atoms. The van der Waals surface area contributed by atoms with E-state index in [-0.39, 0.29) is 0 Å². The fourth-order valence-electron chi connectivity index (χ4n) is 1.39. The predicted molar refractivity (Wildman–Crippen MR) is 66.8 cm³/mol. The lowest BCUT2D eigenvalue weighted by molar-refractivity contribution is 0.187. The van der Waals surface area contributed by atoms with Crippen molar-refractivity contribution in [1.82, 2.24) is 9.55 Å². The van der Waals surface area contributed by atoms with E-state index in [1.807, 2.05) is 6.92 Å². The monoisotopic (exact) mass is 225 g/mol. The van der Waals surface area contributed by atoms with Gasteiger partial charge in [-0.05, 0) is 19.8 Å². The van der Waals surface area contributed by atoms with Crippen molar-refractivity contribution in [3.63, 3.8) is 0 Å². The Hall–Kier alpha value is -1.03. The summed E-state index contributed by atoms with van der Waals surface area (Å²) in [6, 6.07) is 0.420. The number of rotatable bonds is 6. The molecular formula is C12H23N3O. The van der Waals surface area contributed by atoms with Gasteiger partial charge in [-0.25, -0.2) is 4.98 Å². The topological polar surface area (TPSA) is 39.1 Å². The summed E-state index contributed by atoms with van der Waals surface area (Å²) in [5.41, 5.74) is 1.04. The molecule has 0 spiro atoms. The normalized spacial score (nSPS) is 13.1. The Morgan fingerprint density at radius 3 is 2.69 bits per heavy atom. The second-order valence-corrected chi connectivity index (χ2v) is 4.57. The molecule has 0 saturated carbocycles. The van der Waals surface area contributed by atoms with Crippen LogP contribution in [0.25, 0.3) is 0 Å². The highest BCUT2D eigenvalue weighted by Gasteiger charge is 2.11. The molecule has 4 heteroatoms. The third kappa shape index (κ3) is 3.52. The smallest absolute Gasteiger partial charge is 0.203 e. The minimum atomic E-state index is 0.420. The summed E-state index contributed by atoms with van der Waals surface area (Å²) in [5, 5.41) is 3.44. The standard InChI is InChI=1S/C12H23N3O/c1-9(2)11(4)14-12-13-10(3)8-15(12)6-7-16-5/h8-9,11H,6-7H2,1-5H3,(H,13,14). The molecule has 1 aromatic rings. The molecule has 0 saturated heterocycles. The van der Waals surface area contributed by atoms with Crippen molar-refractivity contribution >= 4 is 5.95 Å². The van der Waals surface area contributed by atoms with Gasteiger partial charge >= 0.3 is 0 Å². The lowest BCUT2D eigenvalue weighted by Gasteiger charge is -2.18. The minimum absolute atomic E-state index is 0.420. The highest BCUT2D eigenvalue weighted by molar-refractivity contribution is 5.30. The van der Waals surface area contributed by atoms with Gasteiger partial charge in [0.15, 0.2) is 0 Å². The zero-order valence-corrected chi connectivity index (χ0v) is 10.9. The summed E-state index contributed by atoms with van der Waals surface area (Å²) < 4.78 is 7.19. The van der Waals surface area contributed by atoms with Crippen molar-refractivity contribution < 1.29 is 4.74 Å². The summed E-state index contributed by atoms with van der Waals surface area (Å²) in [6.45, 7) is 10.1. The van der Waals surface area contributed by atoms with E-state index in [0.717, 1.165) is 18.2 Å². The van der Waals surface area contributed by atoms with Crippen LogP contribution in [0.2, 0.25) is 0 Å². The maximum absolute atomic E-state index is 5.09. The van der Waals surface area contributed by atoms with Crippen LogP contribution >= 0.6 is 0 Å². The molecule has 0 fully saturated rings. The second kappa shape index (κ2) is 5.89. The van der Waals surface area contributed by atoms with E-state index in [2.05, 4.69) is 41.8 Å². The molecule has 0 radical (unpaired) electrons. The molecule has 0 aliphatic heterocycles. The van der Waals surface area contributed by atoms with Gasteiger partial charge in [0.1, 0.15) is 0 Å². The Balaban J connectivity index is 2.70. The summed E-state index contributed by atoms with van der Waals surface area (Å²) in [6.07, 6.45) is 2.05. The Bertz CT molecular complexity index is 320. The van der Waals surface area contributed by atoms with Crippen LogP contribution in [0.5, 0.6) is 0 Å². The van der Waals surface area contributed by atoms with Gasteiger partial charge in [0.25, 0.3) is 0 Å². The minimum Gasteiger partial charge on any atom is -0.383 e. The summed E-state index contributed by atoms with van der Waals surface area (Å²) in [5.74, 6) is 1.53. The number of hydrogen-bond donors (Lipinski definition) is 1. The number of imidazole rings is 1.